The zero-order chi connectivity index (χ0) is 22.9. The number of sulfonamides is 1. The molecule has 0 fully saturated rings. The molecule has 0 spiro atoms. The maximum absolute atomic E-state index is 12.5. The molecular formula is C20H25N3O7S. The molecule has 0 saturated heterocycles. The van der Waals surface area contributed by atoms with E-state index in [9.17, 15) is 18.0 Å². The molecule has 0 aliphatic carbocycles. The third-order valence-corrected chi connectivity index (χ3v) is 5.47. The second-order valence-electron chi connectivity index (χ2n) is 6.36. The van der Waals surface area contributed by atoms with Crippen LogP contribution in [-0.4, -0.2) is 54.2 Å². The van der Waals surface area contributed by atoms with E-state index in [2.05, 4.69) is 15.6 Å². The summed E-state index contributed by atoms with van der Waals surface area (Å²) in [6, 6.07) is 11.0. The highest BCUT2D eigenvalue weighted by Gasteiger charge is 2.21. The van der Waals surface area contributed by atoms with Crippen LogP contribution in [0.3, 0.4) is 0 Å². The topological polar surface area (TPSA) is 132 Å². The van der Waals surface area contributed by atoms with E-state index in [-0.39, 0.29) is 36.0 Å². The third kappa shape index (κ3) is 7.24. The summed E-state index contributed by atoms with van der Waals surface area (Å²) < 4.78 is 42.6. The minimum absolute atomic E-state index is 0.00724. The van der Waals surface area contributed by atoms with E-state index in [4.69, 9.17) is 14.2 Å². The summed E-state index contributed by atoms with van der Waals surface area (Å²) in [7, 11) is -1.19. The van der Waals surface area contributed by atoms with Crippen molar-refractivity contribution in [1.29, 1.82) is 0 Å². The van der Waals surface area contributed by atoms with Crippen molar-refractivity contribution in [3.8, 4) is 11.5 Å². The smallest absolute Gasteiger partial charge is 0.276 e. The van der Waals surface area contributed by atoms with Crippen molar-refractivity contribution in [3.63, 3.8) is 0 Å². The molecule has 2 aromatic rings. The summed E-state index contributed by atoms with van der Waals surface area (Å²) in [6.45, 7) is 1.81. The van der Waals surface area contributed by atoms with E-state index in [1.54, 1.807) is 18.2 Å². The first kappa shape index (κ1) is 24.1. The van der Waals surface area contributed by atoms with Gasteiger partial charge in [0.2, 0.25) is 10.0 Å². The molecule has 0 unspecified atom stereocenters. The number of methoxy groups -OCH3 is 2. The van der Waals surface area contributed by atoms with Crippen LogP contribution in [0, 0.1) is 6.92 Å². The molecule has 0 aliphatic rings. The Bertz CT molecular complexity index is 1030. The summed E-state index contributed by atoms with van der Waals surface area (Å²) >= 11 is 0. The van der Waals surface area contributed by atoms with Gasteiger partial charge in [-0.05, 0) is 42.8 Å². The Morgan fingerprint density at radius 1 is 1.03 bits per heavy atom. The highest BCUT2D eigenvalue weighted by Crippen LogP contribution is 2.24. The van der Waals surface area contributed by atoms with Crippen molar-refractivity contribution in [2.75, 3.05) is 34.0 Å². The fraction of sp³-hybridized carbons (Fsp3) is 0.300. The minimum atomic E-state index is -3.95. The lowest BCUT2D eigenvalue weighted by Gasteiger charge is -2.13. The summed E-state index contributed by atoms with van der Waals surface area (Å²) in [6.07, 6.45) is 0. The SMILES string of the molecule is COCCNS(=O)(=O)c1cc(C(=O)NNC(=O)COc2cccc(C)c2)ccc1OC. The van der Waals surface area contributed by atoms with Crippen LogP contribution in [0.1, 0.15) is 15.9 Å². The van der Waals surface area contributed by atoms with Gasteiger partial charge in [0.15, 0.2) is 6.61 Å². The van der Waals surface area contributed by atoms with Crippen LogP contribution in [0.4, 0.5) is 0 Å². The Kier molecular flexibility index (Phi) is 8.79. The number of hydrazine groups is 1. The highest BCUT2D eigenvalue weighted by atomic mass is 32.2. The minimum Gasteiger partial charge on any atom is -0.495 e. The fourth-order valence-electron chi connectivity index (χ4n) is 2.47. The number of carbonyl (C=O) groups excluding carboxylic acids is 2. The molecule has 0 atom stereocenters. The van der Waals surface area contributed by atoms with Crippen LogP contribution in [0.15, 0.2) is 47.4 Å². The molecule has 0 radical (unpaired) electrons. The Labute approximate surface area is 180 Å². The van der Waals surface area contributed by atoms with E-state index in [1.165, 1.54) is 26.4 Å². The second-order valence-corrected chi connectivity index (χ2v) is 8.10. The number of nitrogens with one attached hydrogen (secondary N) is 3. The Hall–Kier alpha value is -3.15. The predicted molar refractivity (Wildman–Crippen MR) is 112 cm³/mol. The molecule has 11 heteroatoms. The predicted octanol–water partition coefficient (Wildman–Crippen LogP) is 0.768. The van der Waals surface area contributed by atoms with Crippen molar-refractivity contribution < 1.29 is 32.2 Å². The molecular weight excluding hydrogens is 426 g/mol. The number of carbonyl (C=O) groups is 2. The lowest BCUT2D eigenvalue weighted by Crippen LogP contribution is -2.43. The summed E-state index contributed by atoms with van der Waals surface area (Å²) in [5, 5.41) is 0. The van der Waals surface area contributed by atoms with Gasteiger partial charge in [-0.15, -0.1) is 0 Å². The van der Waals surface area contributed by atoms with Crippen molar-refractivity contribution in [1.82, 2.24) is 15.6 Å². The fourth-order valence-corrected chi connectivity index (χ4v) is 3.68. The van der Waals surface area contributed by atoms with Crippen LogP contribution in [0.5, 0.6) is 11.5 Å². The monoisotopic (exact) mass is 451 g/mol. The lowest BCUT2D eigenvalue weighted by atomic mass is 10.2. The van der Waals surface area contributed by atoms with Crippen LogP contribution < -0.4 is 25.0 Å². The van der Waals surface area contributed by atoms with Crippen LogP contribution >= 0.6 is 0 Å². The van der Waals surface area contributed by atoms with Crippen LogP contribution in [-0.2, 0) is 19.6 Å². The van der Waals surface area contributed by atoms with Gasteiger partial charge in [0.05, 0.1) is 13.7 Å². The molecule has 0 aliphatic heterocycles. The quantitative estimate of drug-likeness (QED) is 0.359. The summed E-state index contributed by atoms with van der Waals surface area (Å²) in [5.41, 5.74) is 5.43. The first-order valence-corrected chi connectivity index (χ1v) is 10.7. The highest BCUT2D eigenvalue weighted by molar-refractivity contribution is 7.89. The molecule has 0 saturated carbocycles. The van der Waals surface area contributed by atoms with Gasteiger partial charge in [-0.1, -0.05) is 12.1 Å². The van der Waals surface area contributed by atoms with Gasteiger partial charge in [-0.3, -0.25) is 20.4 Å². The standard InChI is InChI=1S/C20H25N3O7S/c1-14-5-4-6-16(11-14)30-13-19(24)22-23-20(25)15-7-8-17(29-3)18(12-15)31(26,27)21-9-10-28-2/h4-8,11-12,21H,9-10,13H2,1-3H3,(H,22,24)(H,23,25). The van der Waals surface area contributed by atoms with E-state index in [1.807, 2.05) is 13.0 Å². The van der Waals surface area contributed by atoms with Crippen molar-refractivity contribution >= 4 is 21.8 Å². The Balaban J connectivity index is 2.00. The molecule has 2 rings (SSSR count). The molecule has 2 amide bonds. The normalized spacial score (nSPS) is 10.9. The number of ether oxygens (including phenoxy) is 3. The van der Waals surface area contributed by atoms with E-state index in [0.717, 1.165) is 11.6 Å². The van der Waals surface area contributed by atoms with E-state index >= 15 is 0 Å². The molecule has 2 aromatic carbocycles. The van der Waals surface area contributed by atoms with Gasteiger partial charge >= 0.3 is 0 Å². The van der Waals surface area contributed by atoms with Gasteiger partial charge in [0.1, 0.15) is 16.4 Å². The molecule has 10 nitrogen and oxygen atoms in total. The lowest BCUT2D eigenvalue weighted by molar-refractivity contribution is -0.123. The van der Waals surface area contributed by atoms with Crippen molar-refractivity contribution in [2.45, 2.75) is 11.8 Å². The number of rotatable bonds is 10. The number of aryl methyl sites for hydroxylation is 1. The Morgan fingerprint density at radius 2 is 1.81 bits per heavy atom. The summed E-state index contributed by atoms with van der Waals surface area (Å²) in [4.78, 5) is 24.1. The average Bonchev–Trinajstić information content (AvgIpc) is 2.75. The molecule has 0 bridgehead atoms. The van der Waals surface area contributed by atoms with Gasteiger partial charge in [-0.25, -0.2) is 13.1 Å². The first-order valence-electron chi connectivity index (χ1n) is 9.22. The summed E-state index contributed by atoms with van der Waals surface area (Å²) in [5.74, 6) is -0.707. The van der Waals surface area contributed by atoms with Crippen molar-refractivity contribution in [2.24, 2.45) is 0 Å². The average molecular weight is 452 g/mol. The van der Waals surface area contributed by atoms with Gasteiger partial charge in [-0.2, -0.15) is 0 Å². The maximum Gasteiger partial charge on any atom is 0.276 e. The molecule has 0 heterocycles. The number of benzene rings is 2. The molecule has 0 aromatic heterocycles. The number of hydrogen-bond donors (Lipinski definition) is 3. The van der Waals surface area contributed by atoms with Gasteiger partial charge in [0.25, 0.3) is 11.8 Å². The van der Waals surface area contributed by atoms with Gasteiger partial charge < -0.3 is 14.2 Å². The third-order valence-electron chi connectivity index (χ3n) is 3.99. The first-order chi connectivity index (χ1) is 14.8. The zero-order valence-corrected chi connectivity index (χ0v) is 18.2. The maximum atomic E-state index is 12.5. The largest absolute Gasteiger partial charge is 0.495 e. The van der Waals surface area contributed by atoms with Crippen LogP contribution in [0.2, 0.25) is 0 Å². The zero-order valence-electron chi connectivity index (χ0n) is 17.4. The molecule has 168 valence electrons. The second kappa shape index (κ2) is 11.3. The number of hydrogen-bond acceptors (Lipinski definition) is 7. The molecule has 31 heavy (non-hydrogen) atoms. The van der Waals surface area contributed by atoms with E-state index in [0.29, 0.717) is 5.75 Å². The van der Waals surface area contributed by atoms with Crippen molar-refractivity contribution in [3.05, 3.63) is 53.6 Å². The van der Waals surface area contributed by atoms with E-state index < -0.39 is 21.8 Å². The number of amides is 2. The van der Waals surface area contributed by atoms with Crippen LogP contribution in [0.25, 0.3) is 0 Å². The van der Waals surface area contributed by atoms with Gasteiger partial charge in [0, 0.05) is 19.2 Å². The Morgan fingerprint density at radius 3 is 2.48 bits per heavy atom. The molecule has 3 N–H and O–H groups in total.